The van der Waals surface area contributed by atoms with Gasteiger partial charge in [0.1, 0.15) is 5.82 Å². The summed E-state index contributed by atoms with van der Waals surface area (Å²) in [6.45, 7) is 0.101. The van der Waals surface area contributed by atoms with Crippen molar-refractivity contribution >= 4 is 16.7 Å². The number of para-hydroxylation sites is 1. The van der Waals surface area contributed by atoms with Gasteiger partial charge in [0.25, 0.3) is 0 Å². The van der Waals surface area contributed by atoms with Crippen LogP contribution in [0.2, 0.25) is 0 Å². The van der Waals surface area contributed by atoms with E-state index in [4.69, 9.17) is 0 Å². The predicted octanol–water partition coefficient (Wildman–Crippen LogP) is 2.82. The van der Waals surface area contributed by atoms with Crippen molar-refractivity contribution in [3.8, 4) is 6.07 Å². The summed E-state index contributed by atoms with van der Waals surface area (Å²) in [5.74, 6) is 0.677. The third kappa shape index (κ3) is 2.21. The number of hydrogen-bond acceptors (Lipinski definition) is 4. The molecule has 1 aliphatic carbocycles. The summed E-state index contributed by atoms with van der Waals surface area (Å²) >= 11 is 0. The summed E-state index contributed by atoms with van der Waals surface area (Å²) in [4.78, 5) is 4.57. The first kappa shape index (κ1) is 12.9. The van der Waals surface area contributed by atoms with Gasteiger partial charge < -0.3 is 10.4 Å². The Morgan fingerprint density at radius 3 is 2.75 bits per heavy atom. The van der Waals surface area contributed by atoms with Crippen molar-refractivity contribution in [2.75, 3.05) is 11.9 Å². The predicted molar refractivity (Wildman–Crippen MR) is 78.4 cm³/mol. The van der Waals surface area contributed by atoms with E-state index in [1.54, 1.807) is 6.07 Å². The second kappa shape index (κ2) is 5.10. The van der Waals surface area contributed by atoms with Crippen molar-refractivity contribution in [1.82, 2.24) is 4.98 Å². The fraction of sp³-hybridized carbons (Fsp3) is 0.375. The van der Waals surface area contributed by atoms with Crippen LogP contribution in [0, 0.1) is 11.3 Å². The van der Waals surface area contributed by atoms with Crippen LogP contribution in [-0.4, -0.2) is 22.2 Å². The van der Waals surface area contributed by atoms with Crippen LogP contribution in [0.15, 0.2) is 30.3 Å². The van der Waals surface area contributed by atoms with Crippen molar-refractivity contribution in [1.29, 1.82) is 5.26 Å². The maximum Gasteiger partial charge on any atom is 0.128 e. The summed E-state index contributed by atoms with van der Waals surface area (Å²) in [5, 5.41) is 23.2. The number of benzene rings is 1. The normalized spacial score (nSPS) is 17.0. The number of nitrogens with one attached hydrogen (secondary N) is 1. The number of pyridine rings is 1. The second-order valence-corrected chi connectivity index (χ2v) is 5.45. The van der Waals surface area contributed by atoms with Crippen molar-refractivity contribution < 1.29 is 5.11 Å². The van der Waals surface area contributed by atoms with Crippen LogP contribution < -0.4 is 5.32 Å². The molecule has 0 saturated heterocycles. The van der Waals surface area contributed by atoms with Crippen molar-refractivity contribution in [3.63, 3.8) is 0 Å². The number of anilines is 1. The molecule has 1 fully saturated rings. The first-order valence-corrected chi connectivity index (χ1v) is 6.95. The number of nitriles is 1. The Hall–Kier alpha value is -2.12. The molecule has 1 heterocycles. The Bertz CT molecular complexity index is 669. The van der Waals surface area contributed by atoms with Gasteiger partial charge in [0.15, 0.2) is 0 Å². The summed E-state index contributed by atoms with van der Waals surface area (Å²) in [6, 6.07) is 11.6. The third-order valence-electron chi connectivity index (χ3n) is 4.09. The highest BCUT2D eigenvalue weighted by molar-refractivity contribution is 5.86. The van der Waals surface area contributed by atoms with Gasteiger partial charge in [-0.3, -0.25) is 0 Å². The molecule has 0 spiro atoms. The van der Waals surface area contributed by atoms with Gasteiger partial charge in [0, 0.05) is 5.39 Å². The Morgan fingerprint density at radius 2 is 2.05 bits per heavy atom. The van der Waals surface area contributed by atoms with Gasteiger partial charge in [0.05, 0.1) is 29.3 Å². The van der Waals surface area contributed by atoms with Gasteiger partial charge in [-0.15, -0.1) is 0 Å². The van der Waals surface area contributed by atoms with E-state index in [-0.39, 0.29) is 12.1 Å². The molecule has 3 rings (SSSR count). The van der Waals surface area contributed by atoms with Gasteiger partial charge in [-0.2, -0.15) is 5.26 Å². The molecule has 0 amide bonds. The number of nitrogens with zero attached hydrogens (tertiary/aromatic N) is 2. The Labute approximate surface area is 118 Å². The molecule has 4 heteroatoms. The molecule has 20 heavy (non-hydrogen) atoms. The fourth-order valence-corrected chi connectivity index (χ4v) is 2.98. The maximum absolute atomic E-state index is 9.66. The molecule has 1 saturated carbocycles. The first-order chi connectivity index (χ1) is 9.76. The molecule has 4 nitrogen and oxygen atoms in total. The monoisotopic (exact) mass is 267 g/mol. The van der Waals surface area contributed by atoms with Gasteiger partial charge in [-0.25, -0.2) is 4.98 Å². The molecule has 0 aliphatic heterocycles. The topological polar surface area (TPSA) is 68.9 Å². The third-order valence-corrected chi connectivity index (χ3v) is 4.09. The molecule has 1 aliphatic rings. The van der Waals surface area contributed by atoms with Crippen LogP contribution in [-0.2, 0) is 0 Å². The molecule has 2 aromatic rings. The fourth-order valence-electron chi connectivity index (χ4n) is 2.98. The van der Waals surface area contributed by atoms with Gasteiger partial charge in [-0.1, -0.05) is 31.0 Å². The quantitative estimate of drug-likeness (QED) is 0.897. The first-order valence-electron chi connectivity index (χ1n) is 6.95. The molecular weight excluding hydrogens is 250 g/mol. The second-order valence-electron chi connectivity index (χ2n) is 5.45. The largest absolute Gasteiger partial charge is 0.394 e. The van der Waals surface area contributed by atoms with E-state index in [2.05, 4.69) is 16.4 Å². The minimum Gasteiger partial charge on any atom is -0.394 e. The molecule has 2 N–H and O–H groups in total. The Balaban J connectivity index is 2.02. The highest BCUT2D eigenvalue weighted by Crippen LogP contribution is 2.33. The lowest BCUT2D eigenvalue weighted by Crippen LogP contribution is -2.39. The maximum atomic E-state index is 9.66. The summed E-state index contributed by atoms with van der Waals surface area (Å²) in [7, 11) is 0. The number of fused-ring (bicyclic) bond motifs is 1. The minimum absolute atomic E-state index is 0.101. The Kier molecular flexibility index (Phi) is 3.29. The van der Waals surface area contributed by atoms with E-state index >= 15 is 0 Å². The van der Waals surface area contributed by atoms with Crippen molar-refractivity contribution in [3.05, 3.63) is 35.9 Å². The zero-order valence-electron chi connectivity index (χ0n) is 11.3. The highest BCUT2D eigenvalue weighted by atomic mass is 16.3. The molecular formula is C16H17N3O. The standard InChI is InChI=1S/C16H17N3O/c17-10-12-9-15(18-14-6-2-1-5-13(12)14)19-16(11-20)7-3-4-8-16/h1-2,5-6,9,20H,3-4,7-8,11H2,(H,18,19). The average molecular weight is 267 g/mol. The summed E-state index contributed by atoms with van der Waals surface area (Å²) in [5.41, 5.74) is 1.15. The van der Waals surface area contributed by atoms with E-state index in [0.29, 0.717) is 11.4 Å². The van der Waals surface area contributed by atoms with E-state index in [1.165, 1.54) is 0 Å². The highest BCUT2D eigenvalue weighted by Gasteiger charge is 2.33. The van der Waals surface area contributed by atoms with Crippen molar-refractivity contribution in [2.24, 2.45) is 0 Å². The zero-order chi connectivity index (χ0) is 14.0. The van der Waals surface area contributed by atoms with E-state index in [1.807, 2.05) is 24.3 Å². The van der Waals surface area contributed by atoms with E-state index < -0.39 is 0 Å². The number of rotatable bonds is 3. The lowest BCUT2D eigenvalue weighted by atomic mass is 9.98. The van der Waals surface area contributed by atoms with Crippen LogP contribution in [0.1, 0.15) is 31.2 Å². The number of hydrogen-bond donors (Lipinski definition) is 2. The molecule has 0 unspecified atom stereocenters. The van der Waals surface area contributed by atoms with Crippen LogP contribution >= 0.6 is 0 Å². The lowest BCUT2D eigenvalue weighted by Gasteiger charge is -2.28. The molecule has 0 bridgehead atoms. The number of aromatic nitrogens is 1. The molecule has 0 atom stereocenters. The summed E-state index contributed by atoms with van der Waals surface area (Å²) < 4.78 is 0. The van der Waals surface area contributed by atoms with Gasteiger partial charge in [-0.05, 0) is 25.0 Å². The average Bonchev–Trinajstić information content (AvgIpc) is 2.95. The van der Waals surface area contributed by atoms with Crippen LogP contribution in [0.3, 0.4) is 0 Å². The van der Waals surface area contributed by atoms with E-state index in [9.17, 15) is 10.4 Å². The molecule has 102 valence electrons. The molecule has 1 aromatic heterocycles. The number of aliphatic hydroxyl groups is 1. The lowest BCUT2D eigenvalue weighted by molar-refractivity contribution is 0.214. The number of aliphatic hydroxyl groups excluding tert-OH is 1. The van der Waals surface area contributed by atoms with E-state index in [0.717, 1.165) is 36.6 Å². The van der Waals surface area contributed by atoms with Gasteiger partial charge >= 0.3 is 0 Å². The van der Waals surface area contributed by atoms with Crippen molar-refractivity contribution in [2.45, 2.75) is 31.2 Å². The smallest absolute Gasteiger partial charge is 0.128 e. The molecule has 1 aromatic carbocycles. The molecule has 0 radical (unpaired) electrons. The van der Waals surface area contributed by atoms with Crippen LogP contribution in [0.4, 0.5) is 5.82 Å². The zero-order valence-corrected chi connectivity index (χ0v) is 11.3. The van der Waals surface area contributed by atoms with Gasteiger partial charge in [0.2, 0.25) is 0 Å². The SMILES string of the molecule is N#Cc1cc(NC2(CO)CCCC2)nc2ccccc12. The van der Waals surface area contributed by atoms with Crippen LogP contribution in [0.25, 0.3) is 10.9 Å². The summed E-state index contributed by atoms with van der Waals surface area (Å²) in [6.07, 6.45) is 4.12. The minimum atomic E-state index is -0.276. The Morgan fingerprint density at radius 1 is 1.30 bits per heavy atom. The van der Waals surface area contributed by atoms with Crippen LogP contribution in [0.5, 0.6) is 0 Å².